The van der Waals surface area contributed by atoms with Crippen LogP contribution in [0.15, 0.2) is 5.16 Å². The Morgan fingerprint density at radius 2 is 2.14 bits per heavy atom. The quantitative estimate of drug-likeness (QED) is 0.309. The van der Waals surface area contributed by atoms with E-state index >= 15 is 0 Å². The van der Waals surface area contributed by atoms with Crippen LogP contribution in [-0.2, 0) is 0 Å². The Labute approximate surface area is 83.6 Å². The number of hydrogen-bond donors (Lipinski definition) is 2. The highest BCUT2D eigenvalue weighted by molar-refractivity contribution is 5.81. The Kier molecular flexibility index (Phi) is 3.69. The van der Waals surface area contributed by atoms with Crippen LogP contribution in [0.5, 0.6) is 0 Å². The summed E-state index contributed by atoms with van der Waals surface area (Å²) >= 11 is 0. The molecule has 3 N–H and O–H groups in total. The van der Waals surface area contributed by atoms with Gasteiger partial charge in [0, 0.05) is 0 Å². The highest BCUT2D eigenvalue weighted by atomic mass is 19.1. The van der Waals surface area contributed by atoms with Crippen LogP contribution in [0.25, 0.3) is 0 Å². The summed E-state index contributed by atoms with van der Waals surface area (Å²) in [6, 6.07) is 0. The van der Waals surface area contributed by atoms with Gasteiger partial charge >= 0.3 is 0 Å². The Hall–Kier alpha value is -0.840. The molecule has 0 atom stereocenters. The molecule has 0 aromatic rings. The van der Waals surface area contributed by atoms with Gasteiger partial charge in [-0.2, -0.15) is 0 Å². The normalized spacial score (nSPS) is 23.7. The lowest BCUT2D eigenvalue weighted by Gasteiger charge is -2.37. The standard InChI is InChI=1S/C9H18FN3O/c1-9(7-10)2-4-13(5-3-9)6-8(11)12-14/h14H,2-7H2,1H3,(H2,11,12). The summed E-state index contributed by atoms with van der Waals surface area (Å²) in [5.41, 5.74) is 5.22. The number of likely N-dealkylation sites (tertiary alicyclic amines) is 1. The molecule has 0 unspecified atom stereocenters. The third kappa shape index (κ3) is 2.83. The Morgan fingerprint density at radius 3 is 2.57 bits per heavy atom. The van der Waals surface area contributed by atoms with Crippen molar-refractivity contribution in [2.24, 2.45) is 16.3 Å². The number of amidine groups is 1. The van der Waals surface area contributed by atoms with Gasteiger partial charge in [0.2, 0.25) is 0 Å². The molecule has 1 rings (SSSR count). The lowest BCUT2D eigenvalue weighted by molar-refractivity contribution is 0.102. The molecule has 0 spiro atoms. The van der Waals surface area contributed by atoms with Crippen LogP contribution >= 0.6 is 0 Å². The monoisotopic (exact) mass is 203 g/mol. The van der Waals surface area contributed by atoms with Crippen LogP contribution in [0, 0.1) is 5.41 Å². The highest BCUT2D eigenvalue weighted by Crippen LogP contribution is 2.30. The average Bonchev–Trinajstić information content (AvgIpc) is 2.21. The summed E-state index contributed by atoms with van der Waals surface area (Å²) in [4.78, 5) is 2.08. The van der Waals surface area contributed by atoms with E-state index in [1.54, 1.807) is 0 Å². The van der Waals surface area contributed by atoms with Crippen LogP contribution in [0.4, 0.5) is 4.39 Å². The van der Waals surface area contributed by atoms with E-state index in [0.717, 1.165) is 25.9 Å². The van der Waals surface area contributed by atoms with Crippen molar-refractivity contribution < 1.29 is 9.60 Å². The molecular weight excluding hydrogens is 185 g/mol. The molecule has 1 aliphatic rings. The molecule has 0 aromatic heterocycles. The first-order valence-corrected chi connectivity index (χ1v) is 4.84. The largest absolute Gasteiger partial charge is 0.409 e. The number of hydrogen-bond acceptors (Lipinski definition) is 3. The minimum atomic E-state index is -0.260. The van der Waals surface area contributed by atoms with Gasteiger partial charge in [-0.3, -0.25) is 9.29 Å². The summed E-state index contributed by atoms with van der Waals surface area (Å²) in [6.07, 6.45) is 1.67. The lowest BCUT2D eigenvalue weighted by atomic mass is 9.82. The van der Waals surface area contributed by atoms with Crippen molar-refractivity contribution in [1.82, 2.24) is 4.90 Å². The number of alkyl halides is 1. The summed E-state index contributed by atoms with van der Waals surface area (Å²) in [5.74, 6) is 0.217. The van der Waals surface area contributed by atoms with Crippen LogP contribution in [0.3, 0.4) is 0 Å². The zero-order chi connectivity index (χ0) is 10.6. The van der Waals surface area contributed by atoms with Gasteiger partial charge in [0.15, 0.2) is 5.84 Å². The fraction of sp³-hybridized carbons (Fsp3) is 0.889. The first-order chi connectivity index (χ1) is 6.59. The number of nitrogens with zero attached hydrogens (tertiary/aromatic N) is 2. The van der Waals surface area contributed by atoms with Crippen molar-refractivity contribution >= 4 is 5.84 Å². The van der Waals surface area contributed by atoms with Gasteiger partial charge in [0.05, 0.1) is 13.2 Å². The van der Waals surface area contributed by atoms with Crippen molar-refractivity contribution in [3.63, 3.8) is 0 Å². The molecular formula is C9H18FN3O. The van der Waals surface area contributed by atoms with E-state index in [9.17, 15) is 4.39 Å². The molecule has 0 saturated carbocycles. The van der Waals surface area contributed by atoms with Crippen LogP contribution in [-0.4, -0.2) is 42.3 Å². The van der Waals surface area contributed by atoms with E-state index < -0.39 is 0 Å². The van der Waals surface area contributed by atoms with Gasteiger partial charge in [-0.25, -0.2) is 0 Å². The van der Waals surface area contributed by atoms with Gasteiger partial charge in [0.1, 0.15) is 0 Å². The van der Waals surface area contributed by atoms with E-state index in [1.165, 1.54) is 0 Å². The summed E-state index contributed by atoms with van der Waals surface area (Å²) in [5, 5.41) is 11.3. The van der Waals surface area contributed by atoms with E-state index in [4.69, 9.17) is 10.9 Å². The van der Waals surface area contributed by atoms with Crippen molar-refractivity contribution in [3.8, 4) is 0 Å². The second-order valence-electron chi connectivity index (χ2n) is 4.31. The molecule has 1 saturated heterocycles. The predicted octanol–water partition coefficient (Wildman–Crippen LogP) is 0.804. The summed E-state index contributed by atoms with van der Waals surface area (Å²) in [7, 11) is 0. The first-order valence-electron chi connectivity index (χ1n) is 4.84. The molecule has 14 heavy (non-hydrogen) atoms. The molecule has 1 heterocycles. The predicted molar refractivity (Wildman–Crippen MR) is 53.2 cm³/mol. The lowest BCUT2D eigenvalue weighted by Crippen LogP contribution is -2.43. The number of piperidine rings is 1. The van der Waals surface area contributed by atoms with Crippen LogP contribution in [0.1, 0.15) is 19.8 Å². The van der Waals surface area contributed by atoms with E-state index in [2.05, 4.69) is 10.1 Å². The SMILES string of the molecule is CC1(CF)CCN(C/C(N)=N/O)CC1. The Bertz CT molecular complexity index is 212. The Morgan fingerprint density at radius 1 is 1.57 bits per heavy atom. The maximum absolute atomic E-state index is 12.6. The van der Waals surface area contributed by atoms with Gasteiger partial charge in [-0.15, -0.1) is 0 Å². The van der Waals surface area contributed by atoms with Crippen molar-refractivity contribution in [1.29, 1.82) is 0 Å². The van der Waals surface area contributed by atoms with E-state index in [0.29, 0.717) is 6.54 Å². The smallest absolute Gasteiger partial charge is 0.153 e. The molecule has 0 radical (unpaired) electrons. The van der Waals surface area contributed by atoms with Crippen molar-refractivity contribution in [3.05, 3.63) is 0 Å². The van der Waals surface area contributed by atoms with E-state index in [1.807, 2.05) is 6.92 Å². The first kappa shape index (κ1) is 11.2. The van der Waals surface area contributed by atoms with Crippen molar-refractivity contribution in [2.45, 2.75) is 19.8 Å². The maximum atomic E-state index is 12.6. The highest BCUT2D eigenvalue weighted by Gasteiger charge is 2.30. The van der Waals surface area contributed by atoms with Crippen molar-refractivity contribution in [2.75, 3.05) is 26.3 Å². The minimum Gasteiger partial charge on any atom is -0.409 e. The molecule has 4 nitrogen and oxygen atoms in total. The second kappa shape index (κ2) is 4.59. The fourth-order valence-corrected chi connectivity index (χ4v) is 1.65. The maximum Gasteiger partial charge on any atom is 0.153 e. The number of oxime groups is 1. The molecule has 82 valence electrons. The topological polar surface area (TPSA) is 61.8 Å². The van der Waals surface area contributed by atoms with Gasteiger partial charge < -0.3 is 10.9 Å². The molecule has 0 amide bonds. The summed E-state index contributed by atoms with van der Waals surface area (Å²) in [6.45, 7) is 3.81. The molecule has 1 aliphatic heterocycles. The average molecular weight is 203 g/mol. The number of rotatable bonds is 3. The van der Waals surface area contributed by atoms with Gasteiger partial charge in [-0.05, 0) is 31.3 Å². The van der Waals surface area contributed by atoms with E-state index in [-0.39, 0.29) is 17.9 Å². The second-order valence-corrected chi connectivity index (χ2v) is 4.31. The van der Waals surface area contributed by atoms with Crippen LogP contribution in [0.2, 0.25) is 0 Å². The molecule has 1 fully saturated rings. The fourth-order valence-electron chi connectivity index (χ4n) is 1.65. The molecule has 0 aromatic carbocycles. The van der Waals surface area contributed by atoms with Crippen LogP contribution < -0.4 is 5.73 Å². The summed E-state index contributed by atoms with van der Waals surface area (Å²) < 4.78 is 12.6. The minimum absolute atomic E-state index is 0.165. The third-order valence-electron chi connectivity index (χ3n) is 2.90. The zero-order valence-corrected chi connectivity index (χ0v) is 8.54. The Balaban J connectivity index is 2.36. The molecule has 5 heteroatoms. The van der Waals surface area contributed by atoms with Gasteiger partial charge in [0.25, 0.3) is 0 Å². The zero-order valence-electron chi connectivity index (χ0n) is 8.54. The van der Waals surface area contributed by atoms with Gasteiger partial charge in [-0.1, -0.05) is 12.1 Å². The molecule has 0 aliphatic carbocycles. The third-order valence-corrected chi connectivity index (χ3v) is 2.90. The molecule has 0 bridgehead atoms. The number of nitrogens with two attached hydrogens (primary N) is 1. The number of halogens is 1.